The van der Waals surface area contributed by atoms with Crippen molar-refractivity contribution in [2.75, 3.05) is 47.2 Å². The SMILES string of the molecule is CCCCCCCCCCCCCCCCCCOCC(C[N+](C)(C)CO)OCCCCCCCCCCCCCCCCCC.[Cl-]. The monoisotopic (exact) mass is 690 g/mol. The van der Waals surface area contributed by atoms with Crippen molar-refractivity contribution >= 4 is 0 Å². The number of quaternary nitrogens is 1. The third kappa shape index (κ3) is 40.4. The van der Waals surface area contributed by atoms with E-state index in [4.69, 9.17) is 9.47 Å². The quantitative estimate of drug-likeness (QED) is 0.0395. The Bertz CT molecular complexity index is 562. The molecule has 286 valence electrons. The molecule has 1 atom stereocenters. The smallest absolute Gasteiger partial charge is 0.179 e. The lowest BCUT2D eigenvalue weighted by atomic mass is 10.0. The maximum atomic E-state index is 9.77. The van der Waals surface area contributed by atoms with Crippen LogP contribution in [-0.4, -0.2) is 62.9 Å². The van der Waals surface area contributed by atoms with Gasteiger partial charge >= 0.3 is 0 Å². The molecular formula is C42H88ClNO3. The van der Waals surface area contributed by atoms with Gasteiger partial charge in [0.05, 0.1) is 20.7 Å². The Hall–Kier alpha value is 0.130. The van der Waals surface area contributed by atoms with Gasteiger partial charge in [-0.2, -0.15) is 0 Å². The molecule has 0 saturated heterocycles. The van der Waals surface area contributed by atoms with Gasteiger partial charge in [0.2, 0.25) is 0 Å². The lowest BCUT2D eigenvalue weighted by molar-refractivity contribution is -0.911. The van der Waals surface area contributed by atoms with Crippen LogP contribution in [0.15, 0.2) is 0 Å². The molecular weight excluding hydrogens is 602 g/mol. The molecule has 0 aromatic rings. The van der Waals surface area contributed by atoms with E-state index in [-0.39, 0.29) is 25.2 Å². The molecule has 0 amide bonds. The highest BCUT2D eigenvalue weighted by Gasteiger charge is 2.22. The normalized spacial score (nSPS) is 12.4. The van der Waals surface area contributed by atoms with E-state index in [9.17, 15) is 5.11 Å². The summed E-state index contributed by atoms with van der Waals surface area (Å²) in [5, 5.41) is 9.77. The van der Waals surface area contributed by atoms with Crippen molar-refractivity contribution in [3.63, 3.8) is 0 Å². The number of likely N-dealkylation sites (N-methyl/N-ethyl adjacent to an activating group) is 1. The van der Waals surface area contributed by atoms with E-state index in [0.29, 0.717) is 11.1 Å². The lowest BCUT2D eigenvalue weighted by Gasteiger charge is -2.31. The van der Waals surface area contributed by atoms with Crippen LogP contribution >= 0.6 is 0 Å². The van der Waals surface area contributed by atoms with Crippen molar-refractivity contribution in [2.24, 2.45) is 0 Å². The molecule has 0 bridgehead atoms. The number of aliphatic hydroxyl groups excluding tert-OH is 1. The Labute approximate surface area is 303 Å². The summed E-state index contributed by atoms with van der Waals surface area (Å²) in [7, 11) is 4.14. The van der Waals surface area contributed by atoms with Gasteiger partial charge in [0.1, 0.15) is 12.6 Å². The van der Waals surface area contributed by atoms with Gasteiger partial charge in [-0.3, -0.25) is 0 Å². The largest absolute Gasteiger partial charge is 1.00 e. The minimum absolute atomic E-state index is 0. The minimum atomic E-state index is 0. The Kier molecular flexibility index (Phi) is 42.5. The van der Waals surface area contributed by atoms with Gasteiger partial charge in [-0.05, 0) is 12.8 Å². The van der Waals surface area contributed by atoms with E-state index < -0.39 is 0 Å². The third-order valence-electron chi connectivity index (χ3n) is 9.88. The molecule has 0 fully saturated rings. The van der Waals surface area contributed by atoms with E-state index in [2.05, 4.69) is 27.9 Å². The molecule has 1 N–H and O–H groups in total. The second-order valence-electron chi connectivity index (χ2n) is 15.4. The second kappa shape index (κ2) is 40.6. The van der Waals surface area contributed by atoms with Crippen LogP contribution in [0.1, 0.15) is 219 Å². The fourth-order valence-electron chi connectivity index (χ4n) is 6.63. The average molecular weight is 691 g/mol. The standard InChI is InChI=1S/C42H88NO3.ClH/c1-5-7-9-11-13-15-17-19-21-23-25-27-29-31-33-35-37-45-40-42(39-43(3,4)41-44)46-38-36-34-32-30-28-26-24-22-20-18-16-14-12-10-8-6-2;/h42,44H,5-41H2,1-4H3;1H/q+1;/p-1. The molecule has 0 spiro atoms. The Morgan fingerprint density at radius 1 is 0.426 bits per heavy atom. The van der Waals surface area contributed by atoms with Crippen LogP contribution in [0.2, 0.25) is 0 Å². The van der Waals surface area contributed by atoms with Crippen LogP contribution in [0.4, 0.5) is 0 Å². The van der Waals surface area contributed by atoms with Crippen LogP contribution in [0.5, 0.6) is 0 Å². The summed E-state index contributed by atoms with van der Waals surface area (Å²) in [6.07, 6.45) is 44.7. The van der Waals surface area contributed by atoms with E-state index in [1.807, 2.05) is 0 Å². The first-order valence-electron chi connectivity index (χ1n) is 21.2. The zero-order chi connectivity index (χ0) is 33.7. The molecule has 0 rings (SSSR count). The van der Waals surface area contributed by atoms with Gasteiger partial charge < -0.3 is 31.5 Å². The number of hydrogen-bond acceptors (Lipinski definition) is 3. The van der Waals surface area contributed by atoms with E-state index in [1.54, 1.807) is 0 Å². The Balaban J connectivity index is 0. The van der Waals surface area contributed by atoms with Crippen molar-refractivity contribution in [1.29, 1.82) is 0 Å². The number of halogens is 1. The number of nitrogens with zero attached hydrogens (tertiary/aromatic N) is 1. The highest BCUT2D eigenvalue weighted by molar-refractivity contribution is 4.58. The molecule has 0 aliphatic heterocycles. The first kappa shape index (κ1) is 49.2. The molecule has 0 radical (unpaired) electrons. The maximum absolute atomic E-state index is 9.77. The molecule has 0 heterocycles. The summed E-state index contributed by atoms with van der Waals surface area (Å²) in [6.45, 7) is 7.84. The first-order chi connectivity index (χ1) is 22.6. The van der Waals surface area contributed by atoms with Crippen molar-refractivity contribution in [3.8, 4) is 0 Å². The van der Waals surface area contributed by atoms with Gasteiger partial charge in [0.25, 0.3) is 0 Å². The van der Waals surface area contributed by atoms with Crippen molar-refractivity contribution in [1.82, 2.24) is 0 Å². The molecule has 1 unspecified atom stereocenters. The van der Waals surface area contributed by atoms with Gasteiger partial charge in [-0.15, -0.1) is 0 Å². The molecule has 0 aliphatic carbocycles. The van der Waals surface area contributed by atoms with Gasteiger partial charge in [0, 0.05) is 13.2 Å². The number of rotatable bonds is 40. The third-order valence-corrected chi connectivity index (χ3v) is 9.88. The molecule has 47 heavy (non-hydrogen) atoms. The van der Waals surface area contributed by atoms with Crippen molar-refractivity contribution < 1.29 is 31.5 Å². The molecule has 0 aliphatic rings. The highest BCUT2D eigenvalue weighted by Crippen LogP contribution is 2.16. The fraction of sp³-hybridized carbons (Fsp3) is 1.00. The van der Waals surface area contributed by atoms with Crippen LogP contribution in [0, 0.1) is 0 Å². The van der Waals surface area contributed by atoms with E-state index in [0.717, 1.165) is 32.6 Å². The molecule has 0 aromatic heterocycles. The summed E-state index contributed by atoms with van der Waals surface area (Å²) >= 11 is 0. The van der Waals surface area contributed by atoms with E-state index >= 15 is 0 Å². The fourth-order valence-corrected chi connectivity index (χ4v) is 6.63. The maximum Gasteiger partial charge on any atom is 0.179 e. The van der Waals surface area contributed by atoms with E-state index in [1.165, 1.54) is 193 Å². The number of hydrogen-bond donors (Lipinski definition) is 1. The summed E-state index contributed by atoms with van der Waals surface area (Å²) < 4.78 is 12.9. The van der Waals surface area contributed by atoms with Crippen LogP contribution in [0.25, 0.3) is 0 Å². The van der Waals surface area contributed by atoms with Crippen molar-refractivity contribution in [2.45, 2.75) is 225 Å². The summed E-state index contributed by atoms with van der Waals surface area (Å²) in [5.41, 5.74) is 0. The Morgan fingerprint density at radius 2 is 0.702 bits per heavy atom. The predicted molar refractivity (Wildman–Crippen MR) is 204 cm³/mol. The second-order valence-corrected chi connectivity index (χ2v) is 15.4. The lowest BCUT2D eigenvalue weighted by Crippen LogP contribution is -3.00. The topological polar surface area (TPSA) is 38.7 Å². The van der Waals surface area contributed by atoms with Gasteiger partial charge in [-0.25, -0.2) is 0 Å². The first-order valence-corrected chi connectivity index (χ1v) is 21.2. The average Bonchev–Trinajstić information content (AvgIpc) is 3.05. The highest BCUT2D eigenvalue weighted by atomic mass is 35.5. The Morgan fingerprint density at radius 3 is 1.00 bits per heavy atom. The predicted octanol–water partition coefficient (Wildman–Crippen LogP) is 9.94. The minimum Gasteiger partial charge on any atom is -1.00 e. The number of unbranched alkanes of at least 4 members (excludes halogenated alkanes) is 30. The summed E-state index contributed by atoms with van der Waals surface area (Å²) in [6, 6.07) is 0. The molecule has 4 nitrogen and oxygen atoms in total. The zero-order valence-electron chi connectivity index (χ0n) is 32.8. The molecule has 0 aromatic carbocycles. The summed E-state index contributed by atoms with van der Waals surface area (Å²) in [5.74, 6) is 0. The zero-order valence-corrected chi connectivity index (χ0v) is 33.6. The summed E-state index contributed by atoms with van der Waals surface area (Å²) in [4.78, 5) is 0. The molecule has 5 heteroatoms. The molecule has 0 saturated carbocycles. The van der Waals surface area contributed by atoms with Crippen LogP contribution < -0.4 is 12.4 Å². The van der Waals surface area contributed by atoms with Gasteiger partial charge in [-0.1, -0.05) is 206 Å². The number of ether oxygens (including phenoxy) is 2. The van der Waals surface area contributed by atoms with Crippen LogP contribution in [0.3, 0.4) is 0 Å². The van der Waals surface area contributed by atoms with Crippen LogP contribution in [-0.2, 0) is 9.47 Å². The van der Waals surface area contributed by atoms with Crippen molar-refractivity contribution in [3.05, 3.63) is 0 Å². The van der Waals surface area contributed by atoms with Gasteiger partial charge in [0.15, 0.2) is 6.73 Å². The number of aliphatic hydroxyl groups is 1.